The molecule has 5 nitrogen and oxygen atoms in total. The maximum atomic E-state index is 11.0. The van der Waals surface area contributed by atoms with Gasteiger partial charge in [-0.05, 0) is 48.4 Å². The van der Waals surface area contributed by atoms with Crippen LogP contribution in [0.1, 0.15) is 25.8 Å². The zero-order chi connectivity index (χ0) is 17.4. The maximum Gasteiger partial charge on any atom is 0.221 e. The molecule has 0 atom stereocenters. The number of carbonyl (C=O) groups is 1. The standard InChI is InChI=1S/C19H24N2O3/c1-4-11-24-18-10-5-15(12-19(18)23-3)13-20-16-6-8-17(9-7-16)21-14(2)22/h5-10,12,20H,4,11,13H2,1-3H3,(H,21,22). The molecule has 0 bridgehead atoms. The molecule has 2 N–H and O–H groups in total. The molecule has 0 spiro atoms. The first-order valence-corrected chi connectivity index (χ1v) is 8.03. The van der Waals surface area contributed by atoms with E-state index in [-0.39, 0.29) is 5.91 Å². The quantitative estimate of drug-likeness (QED) is 0.767. The van der Waals surface area contributed by atoms with Gasteiger partial charge in [0.1, 0.15) is 0 Å². The predicted molar refractivity (Wildman–Crippen MR) is 96.9 cm³/mol. The van der Waals surface area contributed by atoms with E-state index in [4.69, 9.17) is 9.47 Å². The van der Waals surface area contributed by atoms with E-state index in [0.717, 1.165) is 34.9 Å². The van der Waals surface area contributed by atoms with Gasteiger partial charge in [-0.2, -0.15) is 0 Å². The van der Waals surface area contributed by atoms with Gasteiger partial charge in [-0.15, -0.1) is 0 Å². The van der Waals surface area contributed by atoms with E-state index in [1.165, 1.54) is 6.92 Å². The van der Waals surface area contributed by atoms with Gasteiger partial charge in [0.05, 0.1) is 13.7 Å². The van der Waals surface area contributed by atoms with E-state index in [1.807, 2.05) is 42.5 Å². The Labute approximate surface area is 143 Å². The monoisotopic (exact) mass is 328 g/mol. The number of ether oxygens (including phenoxy) is 2. The predicted octanol–water partition coefficient (Wildman–Crippen LogP) is 4.05. The average Bonchev–Trinajstić information content (AvgIpc) is 2.59. The van der Waals surface area contributed by atoms with Crippen LogP contribution < -0.4 is 20.1 Å². The van der Waals surface area contributed by atoms with Gasteiger partial charge in [0.25, 0.3) is 0 Å². The molecule has 0 radical (unpaired) electrons. The van der Waals surface area contributed by atoms with Crippen molar-refractivity contribution < 1.29 is 14.3 Å². The molecule has 0 aromatic heterocycles. The summed E-state index contributed by atoms with van der Waals surface area (Å²) < 4.78 is 11.1. The smallest absolute Gasteiger partial charge is 0.221 e. The van der Waals surface area contributed by atoms with Crippen LogP contribution in [0.2, 0.25) is 0 Å². The fraction of sp³-hybridized carbons (Fsp3) is 0.316. The Morgan fingerprint density at radius 3 is 2.38 bits per heavy atom. The Kier molecular flexibility index (Phi) is 6.49. The molecule has 128 valence electrons. The summed E-state index contributed by atoms with van der Waals surface area (Å²) in [4.78, 5) is 11.0. The normalized spacial score (nSPS) is 10.1. The molecular weight excluding hydrogens is 304 g/mol. The lowest BCUT2D eigenvalue weighted by molar-refractivity contribution is -0.114. The van der Waals surface area contributed by atoms with Crippen LogP contribution in [0.5, 0.6) is 11.5 Å². The Morgan fingerprint density at radius 2 is 1.75 bits per heavy atom. The Bertz CT molecular complexity index is 669. The van der Waals surface area contributed by atoms with Gasteiger partial charge in [0, 0.05) is 24.8 Å². The molecule has 0 heterocycles. The van der Waals surface area contributed by atoms with Gasteiger partial charge in [0.15, 0.2) is 11.5 Å². The molecule has 0 saturated heterocycles. The van der Waals surface area contributed by atoms with Crippen molar-refractivity contribution >= 4 is 17.3 Å². The molecule has 24 heavy (non-hydrogen) atoms. The largest absolute Gasteiger partial charge is 0.493 e. The molecule has 0 fully saturated rings. The van der Waals surface area contributed by atoms with Crippen molar-refractivity contribution in [2.24, 2.45) is 0 Å². The number of amides is 1. The van der Waals surface area contributed by atoms with Crippen molar-refractivity contribution in [2.45, 2.75) is 26.8 Å². The number of anilines is 2. The lowest BCUT2D eigenvalue weighted by Crippen LogP contribution is -2.06. The van der Waals surface area contributed by atoms with E-state index in [0.29, 0.717) is 13.2 Å². The lowest BCUT2D eigenvalue weighted by atomic mass is 10.2. The van der Waals surface area contributed by atoms with Crippen LogP contribution in [0.4, 0.5) is 11.4 Å². The third-order valence-electron chi connectivity index (χ3n) is 3.39. The van der Waals surface area contributed by atoms with E-state index in [2.05, 4.69) is 17.6 Å². The molecule has 2 aromatic carbocycles. The summed E-state index contributed by atoms with van der Waals surface area (Å²) in [5.41, 5.74) is 2.86. The zero-order valence-electron chi connectivity index (χ0n) is 14.4. The average molecular weight is 328 g/mol. The molecule has 0 aliphatic heterocycles. The maximum absolute atomic E-state index is 11.0. The number of carbonyl (C=O) groups excluding carboxylic acids is 1. The second-order valence-electron chi connectivity index (χ2n) is 5.45. The van der Waals surface area contributed by atoms with Crippen molar-refractivity contribution in [2.75, 3.05) is 24.4 Å². The van der Waals surface area contributed by atoms with Gasteiger partial charge in [-0.3, -0.25) is 4.79 Å². The summed E-state index contributed by atoms with van der Waals surface area (Å²) in [6.45, 7) is 4.91. The highest BCUT2D eigenvalue weighted by atomic mass is 16.5. The number of methoxy groups -OCH3 is 1. The van der Waals surface area contributed by atoms with Crippen LogP contribution in [-0.4, -0.2) is 19.6 Å². The van der Waals surface area contributed by atoms with Crippen molar-refractivity contribution in [1.82, 2.24) is 0 Å². The van der Waals surface area contributed by atoms with Crippen molar-refractivity contribution in [1.29, 1.82) is 0 Å². The Balaban J connectivity index is 1.97. The van der Waals surface area contributed by atoms with Gasteiger partial charge in [-0.25, -0.2) is 0 Å². The number of hydrogen-bond acceptors (Lipinski definition) is 4. The minimum Gasteiger partial charge on any atom is -0.493 e. The van der Waals surface area contributed by atoms with E-state index in [1.54, 1.807) is 7.11 Å². The second kappa shape index (κ2) is 8.82. The molecule has 0 aliphatic carbocycles. The Morgan fingerprint density at radius 1 is 1.04 bits per heavy atom. The summed E-state index contributed by atoms with van der Waals surface area (Å²) in [6, 6.07) is 13.5. The molecule has 5 heteroatoms. The van der Waals surface area contributed by atoms with Gasteiger partial charge < -0.3 is 20.1 Å². The summed E-state index contributed by atoms with van der Waals surface area (Å²) in [7, 11) is 1.64. The number of rotatable bonds is 8. The van der Waals surface area contributed by atoms with Crippen LogP contribution in [0.15, 0.2) is 42.5 Å². The minimum absolute atomic E-state index is 0.0758. The van der Waals surface area contributed by atoms with Gasteiger partial charge >= 0.3 is 0 Å². The highest BCUT2D eigenvalue weighted by molar-refractivity contribution is 5.88. The van der Waals surface area contributed by atoms with Crippen LogP contribution in [0.3, 0.4) is 0 Å². The molecule has 0 unspecified atom stereocenters. The van der Waals surface area contributed by atoms with Gasteiger partial charge in [-0.1, -0.05) is 13.0 Å². The van der Waals surface area contributed by atoms with Crippen LogP contribution in [0.25, 0.3) is 0 Å². The summed E-state index contributed by atoms with van der Waals surface area (Å²) in [5, 5.41) is 6.09. The third-order valence-corrected chi connectivity index (χ3v) is 3.39. The summed E-state index contributed by atoms with van der Waals surface area (Å²) in [6.07, 6.45) is 0.959. The fourth-order valence-electron chi connectivity index (χ4n) is 2.23. The highest BCUT2D eigenvalue weighted by Crippen LogP contribution is 2.28. The third kappa shape index (κ3) is 5.19. The first-order valence-electron chi connectivity index (χ1n) is 8.03. The fourth-order valence-corrected chi connectivity index (χ4v) is 2.23. The minimum atomic E-state index is -0.0758. The van der Waals surface area contributed by atoms with Crippen LogP contribution in [0, 0.1) is 0 Å². The molecular formula is C19H24N2O3. The van der Waals surface area contributed by atoms with E-state index >= 15 is 0 Å². The SMILES string of the molecule is CCCOc1ccc(CNc2ccc(NC(C)=O)cc2)cc1OC. The second-order valence-corrected chi connectivity index (χ2v) is 5.45. The molecule has 1 amide bonds. The number of benzene rings is 2. The van der Waals surface area contributed by atoms with E-state index in [9.17, 15) is 4.79 Å². The molecule has 2 aromatic rings. The van der Waals surface area contributed by atoms with E-state index < -0.39 is 0 Å². The van der Waals surface area contributed by atoms with Crippen molar-refractivity contribution in [3.05, 3.63) is 48.0 Å². The first kappa shape index (κ1) is 17.7. The molecule has 0 saturated carbocycles. The Hall–Kier alpha value is -2.69. The first-order chi connectivity index (χ1) is 11.6. The number of nitrogens with one attached hydrogen (secondary N) is 2. The van der Waals surface area contributed by atoms with Crippen LogP contribution >= 0.6 is 0 Å². The zero-order valence-corrected chi connectivity index (χ0v) is 14.4. The lowest BCUT2D eigenvalue weighted by Gasteiger charge is -2.13. The van der Waals surface area contributed by atoms with Crippen LogP contribution in [-0.2, 0) is 11.3 Å². The highest BCUT2D eigenvalue weighted by Gasteiger charge is 2.05. The van der Waals surface area contributed by atoms with Gasteiger partial charge in [0.2, 0.25) is 5.91 Å². The molecule has 0 aliphatic rings. The van der Waals surface area contributed by atoms with Crippen molar-refractivity contribution in [3.8, 4) is 11.5 Å². The summed E-state index contributed by atoms with van der Waals surface area (Å²) >= 11 is 0. The van der Waals surface area contributed by atoms with Crippen molar-refractivity contribution in [3.63, 3.8) is 0 Å². The summed E-state index contributed by atoms with van der Waals surface area (Å²) in [5.74, 6) is 1.43. The number of hydrogen-bond donors (Lipinski definition) is 2. The topological polar surface area (TPSA) is 59.6 Å². The molecule has 2 rings (SSSR count).